The number of hydrogen-bond donors (Lipinski definition) is 3. The van der Waals surface area contributed by atoms with E-state index in [1.807, 2.05) is 6.92 Å². The van der Waals surface area contributed by atoms with Crippen LogP contribution in [0.15, 0.2) is 46.5 Å². The largest absolute Gasteiger partial charge is 0.397 e. The lowest BCUT2D eigenvalue weighted by Crippen LogP contribution is -2.21. The Morgan fingerprint density at radius 2 is 1.90 bits per heavy atom. The van der Waals surface area contributed by atoms with E-state index >= 15 is 0 Å². The number of aromatic nitrogens is 4. The zero-order valence-electron chi connectivity index (χ0n) is 14.8. The maximum absolute atomic E-state index is 12.2. The van der Waals surface area contributed by atoms with Crippen molar-refractivity contribution in [2.24, 2.45) is 0 Å². The molecule has 1 amide bonds. The molecular formula is C17H14ClF3N6OS. The molecule has 12 heteroatoms. The van der Waals surface area contributed by atoms with Crippen LogP contribution in [0.4, 0.5) is 30.5 Å². The standard InChI is InChI=1S/C17H14ClF3N6OS/c1-9-6-14(27-26-9)24-13-7-12(18)23-16(25-13)29-11-4-2-10(3-5-11)22-15(28)8-17(19,20)21/h2-7H,8H2,1H3,(H,22,28)(H2,23,24,25,26,27). The van der Waals surface area contributed by atoms with Crippen molar-refractivity contribution in [2.75, 3.05) is 10.6 Å². The van der Waals surface area contributed by atoms with E-state index in [2.05, 4.69) is 30.8 Å². The number of carbonyl (C=O) groups is 1. The third-order valence-corrected chi connectivity index (χ3v) is 4.41. The first-order valence-corrected chi connectivity index (χ1v) is 9.34. The molecule has 0 aliphatic carbocycles. The van der Waals surface area contributed by atoms with E-state index < -0.39 is 18.5 Å². The highest BCUT2D eigenvalue weighted by Crippen LogP contribution is 2.29. The van der Waals surface area contributed by atoms with Gasteiger partial charge in [0.05, 0.1) is 0 Å². The Bertz CT molecular complexity index is 1010. The number of aryl methyl sites for hydroxylation is 1. The fourth-order valence-corrected chi connectivity index (χ4v) is 3.22. The van der Waals surface area contributed by atoms with Gasteiger partial charge in [-0.25, -0.2) is 9.97 Å². The molecule has 2 aromatic heterocycles. The minimum atomic E-state index is -4.55. The van der Waals surface area contributed by atoms with Crippen molar-refractivity contribution in [3.63, 3.8) is 0 Å². The predicted octanol–water partition coefficient (Wildman–Crippen LogP) is 4.95. The van der Waals surface area contributed by atoms with E-state index in [0.29, 0.717) is 21.7 Å². The summed E-state index contributed by atoms with van der Waals surface area (Å²) in [5.74, 6) is -0.0948. The molecule has 29 heavy (non-hydrogen) atoms. The van der Waals surface area contributed by atoms with Gasteiger partial charge in [-0.3, -0.25) is 9.89 Å². The number of rotatable bonds is 6. The van der Waals surface area contributed by atoms with Crippen LogP contribution in [0.5, 0.6) is 0 Å². The maximum atomic E-state index is 12.2. The zero-order chi connectivity index (χ0) is 21.0. The van der Waals surface area contributed by atoms with E-state index in [0.717, 1.165) is 5.69 Å². The van der Waals surface area contributed by atoms with Crippen LogP contribution in [0.3, 0.4) is 0 Å². The number of aromatic amines is 1. The van der Waals surface area contributed by atoms with E-state index in [9.17, 15) is 18.0 Å². The van der Waals surface area contributed by atoms with Crippen molar-refractivity contribution in [3.05, 3.63) is 47.2 Å². The van der Waals surface area contributed by atoms with Gasteiger partial charge in [-0.15, -0.1) is 0 Å². The summed E-state index contributed by atoms with van der Waals surface area (Å²) >= 11 is 7.25. The van der Waals surface area contributed by atoms with Gasteiger partial charge in [-0.1, -0.05) is 11.6 Å². The molecular weight excluding hydrogens is 429 g/mol. The van der Waals surface area contributed by atoms with Gasteiger partial charge in [0.1, 0.15) is 17.4 Å². The van der Waals surface area contributed by atoms with Crippen LogP contribution in [-0.4, -0.2) is 32.2 Å². The van der Waals surface area contributed by atoms with Crippen molar-refractivity contribution in [1.82, 2.24) is 20.2 Å². The molecule has 0 bridgehead atoms. The van der Waals surface area contributed by atoms with Crippen LogP contribution >= 0.6 is 23.4 Å². The monoisotopic (exact) mass is 442 g/mol. The number of nitrogens with one attached hydrogen (secondary N) is 3. The van der Waals surface area contributed by atoms with Crippen molar-refractivity contribution in [3.8, 4) is 0 Å². The summed E-state index contributed by atoms with van der Waals surface area (Å²) in [5.41, 5.74) is 1.14. The Balaban J connectivity index is 1.66. The number of nitrogens with zero attached hydrogens (tertiary/aromatic N) is 3. The van der Waals surface area contributed by atoms with Crippen molar-refractivity contribution < 1.29 is 18.0 Å². The lowest BCUT2D eigenvalue weighted by molar-refractivity contribution is -0.150. The quantitative estimate of drug-likeness (QED) is 0.369. The molecule has 152 valence electrons. The minimum absolute atomic E-state index is 0.230. The molecule has 0 saturated heterocycles. The van der Waals surface area contributed by atoms with E-state index in [-0.39, 0.29) is 10.8 Å². The normalized spacial score (nSPS) is 11.3. The minimum Gasteiger partial charge on any atom is -0.326 e. The van der Waals surface area contributed by atoms with Gasteiger partial charge in [-0.2, -0.15) is 18.3 Å². The molecule has 3 rings (SSSR count). The van der Waals surface area contributed by atoms with E-state index in [1.165, 1.54) is 23.9 Å². The number of benzene rings is 1. The second kappa shape index (κ2) is 8.70. The molecule has 0 unspecified atom stereocenters. The van der Waals surface area contributed by atoms with Gasteiger partial charge in [0, 0.05) is 28.4 Å². The summed E-state index contributed by atoms with van der Waals surface area (Å²) in [6.07, 6.45) is -6.09. The van der Waals surface area contributed by atoms with Crippen molar-refractivity contribution in [1.29, 1.82) is 0 Å². The molecule has 0 fully saturated rings. The number of anilines is 3. The summed E-state index contributed by atoms with van der Waals surface area (Å²) in [5, 5.41) is 12.7. The first-order valence-electron chi connectivity index (χ1n) is 8.14. The molecule has 2 heterocycles. The molecule has 0 radical (unpaired) electrons. The van der Waals surface area contributed by atoms with Crippen molar-refractivity contribution >= 4 is 46.6 Å². The predicted molar refractivity (Wildman–Crippen MR) is 104 cm³/mol. The average molecular weight is 443 g/mol. The van der Waals surface area contributed by atoms with Crippen LogP contribution in [0.1, 0.15) is 12.1 Å². The second-order valence-corrected chi connectivity index (χ2v) is 7.31. The molecule has 3 N–H and O–H groups in total. The summed E-state index contributed by atoms with van der Waals surface area (Å²) in [6.45, 7) is 1.86. The Labute approximate surface area is 172 Å². The van der Waals surface area contributed by atoms with Gasteiger partial charge in [0.15, 0.2) is 11.0 Å². The fraction of sp³-hybridized carbons (Fsp3) is 0.176. The molecule has 1 aromatic carbocycles. The van der Waals surface area contributed by atoms with Crippen molar-refractivity contribution in [2.45, 2.75) is 29.6 Å². The van der Waals surface area contributed by atoms with E-state index in [1.54, 1.807) is 24.3 Å². The Kier molecular flexibility index (Phi) is 6.28. The topological polar surface area (TPSA) is 95.6 Å². The number of hydrogen-bond acceptors (Lipinski definition) is 6. The smallest absolute Gasteiger partial charge is 0.326 e. The molecule has 0 spiro atoms. The molecule has 7 nitrogen and oxygen atoms in total. The number of amides is 1. The first kappa shape index (κ1) is 20.9. The van der Waals surface area contributed by atoms with Gasteiger partial charge in [0.2, 0.25) is 5.91 Å². The highest BCUT2D eigenvalue weighted by atomic mass is 35.5. The summed E-state index contributed by atoms with van der Waals surface area (Å²) < 4.78 is 36.7. The number of H-pyrrole nitrogens is 1. The third kappa shape index (κ3) is 6.64. The zero-order valence-corrected chi connectivity index (χ0v) is 16.4. The van der Waals surface area contributed by atoms with E-state index in [4.69, 9.17) is 11.6 Å². The lowest BCUT2D eigenvalue weighted by Gasteiger charge is -2.09. The number of halogens is 4. The van der Waals surface area contributed by atoms with Crippen LogP contribution in [0.25, 0.3) is 0 Å². The molecule has 0 aliphatic rings. The first-order chi connectivity index (χ1) is 13.7. The SMILES string of the molecule is Cc1cc(Nc2cc(Cl)nc(Sc3ccc(NC(=O)CC(F)(F)F)cc3)n2)n[nH]1. The Morgan fingerprint density at radius 3 is 2.52 bits per heavy atom. The Hall–Kier alpha value is -2.79. The van der Waals surface area contributed by atoms with Gasteiger partial charge >= 0.3 is 6.18 Å². The summed E-state index contributed by atoms with van der Waals surface area (Å²) in [6, 6.07) is 9.59. The summed E-state index contributed by atoms with van der Waals surface area (Å²) in [7, 11) is 0. The molecule has 0 atom stereocenters. The Morgan fingerprint density at radius 1 is 1.17 bits per heavy atom. The molecule has 3 aromatic rings. The van der Waals surface area contributed by atoms with Gasteiger partial charge in [-0.05, 0) is 43.0 Å². The van der Waals surface area contributed by atoms with Crippen LogP contribution in [-0.2, 0) is 4.79 Å². The number of alkyl halides is 3. The van der Waals surface area contributed by atoms with Gasteiger partial charge < -0.3 is 10.6 Å². The maximum Gasteiger partial charge on any atom is 0.397 e. The number of carbonyl (C=O) groups excluding carboxylic acids is 1. The third-order valence-electron chi connectivity index (χ3n) is 3.34. The van der Waals surface area contributed by atoms with Crippen LogP contribution in [0.2, 0.25) is 5.15 Å². The average Bonchev–Trinajstić information content (AvgIpc) is 2.99. The fourth-order valence-electron chi connectivity index (χ4n) is 2.22. The molecule has 0 saturated carbocycles. The highest BCUT2D eigenvalue weighted by Gasteiger charge is 2.31. The van der Waals surface area contributed by atoms with Crippen LogP contribution < -0.4 is 10.6 Å². The molecule has 0 aliphatic heterocycles. The summed E-state index contributed by atoms with van der Waals surface area (Å²) in [4.78, 5) is 20.5. The lowest BCUT2D eigenvalue weighted by atomic mass is 10.3. The second-order valence-electron chi connectivity index (χ2n) is 5.89. The van der Waals surface area contributed by atoms with Crippen LogP contribution in [0, 0.1) is 6.92 Å². The van der Waals surface area contributed by atoms with Gasteiger partial charge in [0.25, 0.3) is 0 Å². The highest BCUT2D eigenvalue weighted by molar-refractivity contribution is 7.99.